The first-order chi connectivity index (χ1) is 10.2. The Morgan fingerprint density at radius 2 is 1.76 bits per heavy atom. The summed E-state index contributed by atoms with van der Waals surface area (Å²) < 4.78 is 2.07. The Bertz CT molecular complexity index is 957. The Morgan fingerprint density at radius 1 is 0.952 bits per heavy atom. The lowest BCUT2D eigenvalue weighted by Gasteiger charge is -2.07. The normalized spacial score (nSPS) is 11.3. The van der Waals surface area contributed by atoms with E-state index >= 15 is 0 Å². The summed E-state index contributed by atoms with van der Waals surface area (Å²) in [5.41, 5.74) is 5.61. The SMILES string of the molecule is Cc1ccc2nc(C)c3cnc(-c4ccncc4)n3c2n1. The molecule has 0 atom stereocenters. The van der Waals surface area contributed by atoms with Crippen molar-refractivity contribution in [2.24, 2.45) is 0 Å². The molecule has 4 aromatic rings. The minimum atomic E-state index is 0.833. The molecule has 4 aromatic heterocycles. The molecule has 0 aliphatic heterocycles. The van der Waals surface area contributed by atoms with Gasteiger partial charge in [0.25, 0.3) is 0 Å². The Balaban J connectivity index is 2.19. The largest absolute Gasteiger partial charge is 0.273 e. The van der Waals surface area contributed by atoms with Gasteiger partial charge < -0.3 is 0 Å². The van der Waals surface area contributed by atoms with E-state index in [2.05, 4.69) is 24.3 Å². The molecule has 0 fully saturated rings. The third kappa shape index (κ3) is 1.78. The Hall–Kier alpha value is -2.82. The highest BCUT2D eigenvalue weighted by Gasteiger charge is 2.13. The molecular formula is C16H13N5. The van der Waals surface area contributed by atoms with Gasteiger partial charge in [-0.05, 0) is 38.1 Å². The van der Waals surface area contributed by atoms with E-state index in [0.29, 0.717) is 0 Å². The van der Waals surface area contributed by atoms with Gasteiger partial charge in [0.05, 0.1) is 17.4 Å². The monoisotopic (exact) mass is 275 g/mol. The fourth-order valence-corrected chi connectivity index (χ4v) is 2.55. The van der Waals surface area contributed by atoms with E-state index < -0.39 is 0 Å². The van der Waals surface area contributed by atoms with Gasteiger partial charge in [-0.3, -0.25) is 9.38 Å². The minimum Gasteiger partial charge on any atom is -0.273 e. The third-order valence-corrected chi connectivity index (χ3v) is 3.56. The lowest BCUT2D eigenvalue weighted by Crippen LogP contribution is -2.00. The molecular weight excluding hydrogens is 262 g/mol. The van der Waals surface area contributed by atoms with Crippen molar-refractivity contribution in [1.82, 2.24) is 24.3 Å². The minimum absolute atomic E-state index is 0.833. The zero-order valence-electron chi connectivity index (χ0n) is 11.8. The van der Waals surface area contributed by atoms with Gasteiger partial charge >= 0.3 is 0 Å². The predicted octanol–water partition coefficient (Wildman–Crippen LogP) is 2.96. The summed E-state index contributed by atoms with van der Waals surface area (Å²) in [5, 5.41) is 0. The van der Waals surface area contributed by atoms with Crippen LogP contribution in [-0.2, 0) is 0 Å². The van der Waals surface area contributed by atoms with Gasteiger partial charge in [0.15, 0.2) is 5.65 Å². The van der Waals surface area contributed by atoms with Crippen LogP contribution < -0.4 is 0 Å². The molecule has 0 saturated carbocycles. The van der Waals surface area contributed by atoms with Gasteiger partial charge in [0.2, 0.25) is 0 Å². The molecule has 21 heavy (non-hydrogen) atoms. The lowest BCUT2D eigenvalue weighted by atomic mass is 10.2. The van der Waals surface area contributed by atoms with Crippen LogP contribution in [0.4, 0.5) is 0 Å². The summed E-state index contributed by atoms with van der Waals surface area (Å²) in [6, 6.07) is 7.88. The molecule has 0 aliphatic rings. The van der Waals surface area contributed by atoms with Gasteiger partial charge in [-0.15, -0.1) is 0 Å². The number of aryl methyl sites for hydroxylation is 2. The number of fused-ring (bicyclic) bond motifs is 3. The van der Waals surface area contributed by atoms with Gasteiger partial charge in [0.1, 0.15) is 11.3 Å². The smallest absolute Gasteiger partial charge is 0.165 e. The van der Waals surface area contributed by atoms with Crippen molar-refractivity contribution in [2.45, 2.75) is 13.8 Å². The third-order valence-electron chi connectivity index (χ3n) is 3.56. The van der Waals surface area contributed by atoms with E-state index in [4.69, 9.17) is 0 Å². The Morgan fingerprint density at radius 3 is 2.57 bits per heavy atom. The second-order valence-corrected chi connectivity index (χ2v) is 5.03. The Labute approximate surface area is 121 Å². The van der Waals surface area contributed by atoms with Gasteiger partial charge in [-0.25, -0.2) is 15.0 Å². The van der Waals surface area contributed by atoms with Crippen molar-refractivity contribution in [1.29, 1.82) is 0 Å². The van der Waals surface area contributed by atoms with Gasteiger partial charge in [-0.2, -0.15) is 0 Å². The number of aromatic nitrogens is 5. The van der Waals surface area contributed by atoms with Crippen LogP contribution in [0.3, 0.4) is 0 Å². The van der Waals surface area contributed by atoms with Crippen LogP contribution in [0.2, 0.25) is 0 Å². The maximum Gasteiger partial charge on any atom is 0.165 e. The number of rotatable bonds is 1. The molecule has 4 rings (SSSR count). The van der Waals surface area contributed by atoms with Crippen LogP contribution in [0, 0.1) is 13.8 Å². The quantitative estimate of drug-likeness (QED) is 0.536. The topological polar surface area (TPSA) is 56.0 Å². The maximum atomic E-state index is 4.65. The average molecular weight is 275 g/mol. The first-order valence-electron chi connectivity index (χ1n) is 6.76. The summed E-state index contributed by atoms with van der Waals surface area (Å²) in [6.07, 6.45) is 5.39. The molecule has 0 radical (unpaired) electrons. The first kappa shape index (κ1) is 12.0. The van der Waals surface area contributed by atoms with Crippen LogP contribution in [0.15, 0.2) is 42.9 Å². The lowest BCUT2D eigenvalue weighted by molar-refractivity contribution is 1.09. The fraction of sp³-hybridized carbons (Fsp3) is 0.125. The van der Waals surface area contributed by atoms with Crippen LogP contribution in [0.25, 0.3) is 28.1 Å². The molecule has 0 saturated heterocycles. The van der Waals surface area contributed by atoms with Gasteiger partial charge in [0, 0.05) is 23.7 Å². The molecule has 0 aliphatic carbocycles. The number of hydrogen-bond acceptors (Lipinski definition) is 4. The number of pyridine rings is 2. The van der Waals surface area contributed by atoms with Crippen LogP contribution in [-0.4, -0.2) is 24.3 Å². The second-order valence-electron chi connectivity index (χ2n) is 5.03. The van der Waals surface area contributed by atoms with Crippen LogP contribution in [0.1, 0.15) is 11.4 Å². The van der Waals surface area contributed by atoms with E-state index in [1.54, 1.807) is 12.4 Å². The first-order valence-corrected chi connectivity index (χ1v) is 6.76. The van der Waals surface area contributed by atoms with Gasteiger partial charge in [-0.1, -0.05) is 0 Å². The highest BCUT2D eigenvalue weighted by atomic mass is 15.1. The predicted molar refractivity (Wildman–Crippen MR) is 81.0 cm³/mol. The molecule has 0 N–H and O–H groups in total. The molecule has 5 heteroatoms. The molecule has 4 heterocycles. The van der Waals surface area contributed by atoms with E-state index in [-0.39, 0.29) is 0 Å². The van der Waals surface area contributed by atoms with E-state index in [0.717, 1.165) is 39.5 Å². The van der Waals surface area contributed by atoms with Crippen molar-refractivity contribution in [3.63, 3.8) is 0 Å². The molecule has 0 unspecified atom stereocenters. The highest BCUT2D eigenvalue weighted by Crippen LogP contribution is 2.24. The molecule has 102 valence electrons. The maximum absolute atomic E-state index is 4.65. The van der Waals surface area contributed by atoms with E-state index in [1.807, 2.05) is 44.3 Å². The van der Waals surface area contributed by atoms with Crippen LogP contribution in [0.5, 0.6) is 0 Å². The van der Waals surface area contributed by atoms with Crippen LogP contribution >= 0.6 is 0 Å². The molecule has 0 bridgehead atoms. The van der Waals surface area contributed by atoms with Crippen molar-refractivity contribution in [3.05, 3.63) is 54.2 Å². The highest BCUT2D eigenvalue weighted by molar-refractivity contribution is 5.79. The standard InChI is InChI=1S/C16H13N5/c1-10-3-4-13-16(19-10)21-14(11(2)20-13)9-18-15(21)12-5-7-17-8-6-12/h3-9H,1-2H3. The molecule has 5 nitrogen and oxygen atoms in total. The van der Waals surface area contributed by atoms with Crippen molar-refractivity contribution in [2.75, 3.05) is 0 Å². The second kappa shape index (κ2) is 4.34. The summed E-state index contributed by atoms with van der Waals surface area (Å²) in [5.74, 6) is 0.862. The summed E-state index contributed by atoms with van der Waals surface area (Å²) in [6.45, 7) is 3.97. The van der Waals surface area contributed by atoms with E-state index in [1.165, 1.54) is 0 Å². The Kier molecular flexibility index (Phi) is 2.47. The van der Waals surface area contributed by atoms with E-state index in [9.17, 15) is 0 Å². The summed E-state index contributed by atoms with van der Waals surface area (Å²) in [7, 11) is 0. The summed E-state index contributed by atoms with van der Waals surface area (Å²) >= 11 is 0. The fourth-order valence-electron chi connectivity index (χ4n) is 2.55. The van der Waals surface area contributed by atoms with Crippen molar-refractivity contribution >= 4 is 16.7 Å². The van der Waals surface area contributed by atoms with Crippen molar-refractivity contribution in [3.8, 4) is 11.4 Å². The number of nitrogens with zero attached hydrogens (tertiary/aromatic N) is 5. The molecule has 0 aromatic carbocycles. The zero-order chi connectivity index (χ0) is 14.4. The zero-order valence-corrected chi connectivity index (χ0v) is 11.8. The number of hydrogen-bond donors (Lipinski definition) is 0. The van der Waals surface area contributed by atoms with Crippen molar-refractivity contribution < 1.29 is 0 Å². The average Bonchev–Trinajstić information content (AvgIpc) is 2.95. The molecule has 0 amide bonds. The summed E-state index contributed by atoms with van der Waals surface area (Å²) in [4.78, 5) is 17.9. The molecule has 0 spiro atoms. The number of imidazole rings is 1.